The molecule has 1 saturated carbocycles. The highest BCUT2D eigenvalue weighted by molar-refractivity contribution is 5.80. The van der Waals surface area contributed by atoms with Gasteiger partial charge in [0.05, 0.1) is 5.84 Å². The maximum atomic E-state index is 7.93. The fourth-order valence-corrected chi connectivity index (χ4v) is 5.74. The third-order valence-electron chi connectivity index (χ3n) is 7.25. The fraction of sp³-hybridized carbons (Fsp3) is 0.762. The van der Waals surface area contributed by atoms with Crippen LogP contribution in [0.5, 0.6) is 0 Å². The van der Waals surface area contributed by atoms with Gasteiger partial charge >= 0.3 is 0 Å². The third-order valence-corrected chi connectivity index (χ3v) is 7.25. The molecular formula is C21H34N2. The number of nitrogens with two attached hydrogens (primary N) is 1. The van der Waals surface area contributed by atoms with Crippen molar-refractivity contribution in [2.45, 2.75) is 58.8 Å². The lowest BCUT2D eigenvalue weighted by molar-refractivity contribution is 0.0973. The summed E-state index contributed by atoms with van der Waals surface area (Å²) in [4.78, 5) is 0. The van der Waals surface area contributed by atoms with Crippen LogP contribution in [0.4, 0.5) is 0 Å². The van der Waals surface area contributed by atoms with E-state index < -0.39 is 0 Å². The standard InChI is InChI=1S/C21H34N2/c1-14(16-8-4-3-5-9-16)17-10-7-13-20(17)18-11-6-12-19(15(18)2)21(22)23/h3-4,7,13-20H,5-6,8-12H2,1-2H3,(H3,22,23). The average Bonchev–Trinajstić information content (AvgIpc) is 3.04. The summed E-state index contributed by atoms with van der Waals surface area (Å²) in [5, 5.41) is 7.93. The Balaban J connectivity index is 1.71. The van der Waals surface area contributed by atoms with Crippen molar-refractivity contribution in [1.82, 2.24) is 0 Å². The highest BCUT2D eigenvalue weighted by atomic mass is 14.7. The van der Waals surface area contributed by atoms with Gasteiger partial charge in [-0.15, -0.1) is 0 Å². The van der Waals surface area contributed by atoms with Gasteiger partial charge in [0.1, 0.15) is 0 Å². The van der Waals surface area contributed by atoms with Crippen LogP contribution in [0.25, 0.3) is 0 Å². The molecule has 0 amide bonds. The molecule has 1 fully saturated rings. The van der Waals surface area contributed by atoms with E-state index in [-0.39, 0.29) is 0 Å². The van der Waals surface area contributed by atoms with E-state index in [1.165, 1.54) is 38.5 Å². The lowest BCUT2D eigenvalue weighted by atomic mass is 9.62. The van der Waals surface area contributed by atoms with E-state index in [0.29, 0.717) is 23.6 Å². The topological polar surface area (TPSA) is 49.9 Å². The van der Waals surface area contributed by atoms with Crippen LogP contribution >= 0.6 is 0 Å². The minimum absolute atomic E-state index is 0.316. The zero-order valence-electron chi connectivity index (χ0n) is 14.9. The van der Waals surface area contributed by atoms with Crippen molar-refractivity contribution in [1.29, 1.82) is 5.41 Å². The van der Waals surface area contributed by atoms with Crippen molar-refractivity contribution < 1.29 is 0 Å². The van der Waals surface area contributed by atoms with Crippen molar-refractivity contribution in [3.63, 3.8) is 0 Å². The summed E-state index contributed by atoms with van der Waals surface area (Å²) in [7, 11) is 0. The molecule has 0 heterocycles. The van der Waals surface area contributed by atoms with E-state index in [1.54, 1.807) is 0 Å². The molecule has 0 aromatic heterocycles. The summed E-state index contributed by atoms with van der Waals surface area (Å²) in [5.41, 5.74) is 5.89. The van der Waals surface area contributed by atoms with Crippen molar-refractivity contribution in [2.24, 2.45) is 47.2 Å². The molecule has 2 heteroatoms. The summed E-state index contributed by atoms with van der Waals surface area (Å²) < 4.78 is 0. The van der Waals surface area contributed by atoms with Gasteiger partial charge in [0, 0.05) is 5.92 Å². The quantitative estimate of drug-likeness (QED) is 0.420. The molecule has 3 rings (SSSR count). The lowest BCUT2D eigenvalue weighted by Gasteiger charge is -2.43. The number of amidine groups is 1. The van der Waals surface area contributed by atoms with Gasteiger partial charge in [-0.2, -0.15) is 0 Å². The lowest BCUT2D eigenvalue weighted by Crippen LogP contribution is -2.40. The Hall–Kier alpha value is -1.05. The molecule has 0 aromatic carbocycles. The van der Waals surface area contributed by atoms with Crippen LogP contribution in [0.15, 0.2) is 24.3 Å². The molecule has 0 bridgehead atoms. The molecule has 0 saturated heterocycles. The molecule has 0 radical (unpaired) electrons. The monoisotopic (exact) mass is 314 g/mol. The van der Waals surface area contributed by atoms with E-state index in [4.69, 9.17) is 11.1 Å². The van der Waals surface area contributed by atoms with E-state index in [2.05, 4.69) is 38.2 Å². The molecule has 0 spiro atoms. The normalized spacial score (nSPS) is 41.8. The molecule has 128 valence electrons. The zero-order chi connectivity index (χ0) is 16.4. The van der Waals surface area contributed by atoms with Crippen molar-refractivity contribution in [3.8, 4) is 0 Å². The minimum atomic E-state index is 0.316. The average molecular weight is 315 g/mol. The molecule has 7 unspecified atom stereocenters. The largest absolute Gasteiger partial charge is 0.387 e. The molecule has 7 atom stereocenters. The van der Waals surface area contributed by atoms with Crippen molar-refractivity contribution in [3.05, 3.63) is 24.3 Å². The Morgan fingerprint density at radius 3 is 2.65 bits per heavy atom. The summed E-state index contributed by atoms with van der Waals surface area (Å²) in [6.07, 6.45) is 18.6. The number of rotatable bonds is 4. The first-order chi connectivity index (χ1) is 11.1. The van der Waals surface area contributed by atoms with E-state index in [0.717, 1.165) is 30.1 Å². The zero-order valence-corrected chi connectivity index (χ0v) is 14.9. The summed E-state index contributed by atoms with van der Waals surface area (Å²) in [6.45, 7) is 4.86. The predicted molar refractivity (Wildman–Crippen MR) is 98.3 cm³/mol. The van der Waals surface area contributed by atoms with Crippen LogP contribution in [0, 0.1) is 46.8 Å². The van der Waals surface area contributed by atoms with E-state index in [9.17, 15) is 0 Å². The number of hydrogen-bond donors (Lipinski definition) is 2. The summed E-state index contributed by atoms with van der Waals surface area (Å²) in [5.74, 6) is 5.23. The highest BCUT2D eigenvalue weighted by Gasteiger charge is 2.42. The van der Waals surface area contributed by atoms with Gasteiger partial charge < -0.3 is 5.73 Å². The number of nitrogens with one attached hydrogen (secondary N) is 1. The second kappa shape index (κ2) is 7.23. The molecule has 3 aliphatic carbocycles. The molecule has 0 aromatic rings. The second-order valence-electron chi connectivity index (χ2n) is 8.32. The smallest absolute Gasteiger partial charge is 0.0939 e. The van der Waals surface area contributed by atoms with Crippen LogP contribution < -0.4 is 5.73 Å². The molecular weight excluding hydrogens is 280 g/mol. The molecule has 23 heavy (non-hydrogen) atoms. The van der Waals surface area contributed by atoms with E-state index in [1.807, 2.05) is 0 Å². The highest BCUT2D eigenvalue weighted by Crippen LogP contribution is 2.48. The molecule has 2 nitrogen and oxygen atoms in total. The molecule has 0 aliphatic heterocycles. The van der Waals surface area contributed by atoms with E-state index >= 15 is 0 Å². The van der Waals surface area contributed by atoms with Gasteiger partial charge in [0.15, 0.2) is 0 Å². The van der Waals surface area contributed by atoms with Gasteiger partial charge in [-0.3, -0.25) is 5.41 Å². The van der Waals surface area contributed by atoms with Crippen LogP contribution in [-0.4, -0.2) is 5.84 Å². The number of hydrogen-bond acceptors (Lipinski definition) is 1. The summed E-state index contributed by atoms with van der Waals surface area (Å²) in [6, 6.07) is 0. The summed E-state index contributed by atoms with van der Waals surface area (Å²) >= 11 is 0. The van der Waals surface area contributed by atoms with Crippen LogP contribution in [0.2, 0.25) is 0 Å². The Morgan fingerprint density at radius 1 is 1.13 bits per heavy atom. The van der Waals surface area contributed by atoms with Crippen LogP contribution in [0.3, 0.4) is 0 Å². The Bertz CT molecular complexity index is 478. The maximum Gasteiger partial charge on any atom is 0.0939 e. The Morgan fingerprint density at radius 2 is 1.96 bits per heavy atom. The predicted octanol–water partition coefficient (Wildman–Crippen LogP) is 5.16. The second-order valence-corrected chi connectivity index (χ2v) is 8.32. The molecule has 3 aliphatic rings. The fourth-order valence-electron chi connectivity index (χ4n) is 5.74. The maximum absolute atomic E-state index is 7.93. The van der Waals surface area contributed by atoms with Crippen LogP contribution in [0.1, 0.15) is 58.8 Å². The Kier molecular flexibility index (Phi) is 5.28. The first-order valence-corrected chi connectivity index (χ1v) is 9.75. The minimum Gasteiger partial charge on any atom is -0.387 e. The third kappa shape index (κ3) is 3.41. The van der Waals surface area contributed by atoms with Crippen molar-refractivity contribution in [2.75, 3.05) is 0 Å². The van der Waals surface area contributed by atoms with Crippen LogP contribution in [-0.2, 0) is 0 Å². The first kappa shape index (κ1) is 16.8. The van der Waals surface area contributed by atoms with Gasteiger partial charge in [0.25, 0.3) is 0 Å². The SMILES string of the molecule is CC(C1CC=CCC1)C1CC=CC1C1CCCC(C(=N)N)C1C. The molecule has 3 N–H and O–H groups in total. The number of allylic oxidation sites excluding steroid dienone is 4. The van der Waals surface area contributed by atoms with Gasteiger partial charge in [0.2, 0.25) is 0 Å². The van der Waals surface area contributed by atoms with Gasteiger partial charge in [-0.05, 0) is 74.0 Å². The first-order valence-electron chi connectivity index (χ1n) is 9.75. The van der Waals surface area contributed by atoms with Gasteiger partial charge in [-0.25, -0.2) is 0 Å². The van der Waals surface area contributed by atoms with Crippen molar-refractivity contribution >= 4 is 5.84 Å². The Labute approximate surface area is 142 Å². The van der Waals surface area contributed by atoms with Gasteiger partial charge in [-0.1, -0.05) is 44.6 Å².